The van der Waals surface area contributed by atoms with E-state index in [0.29, 0.717) is 13.0 Å². The number of carbonyl (C=O) groups excluding carboxylic acids is 1. The summed E-state index contributed by atoms with van der Waals surface area (Å²) in [5.74, 6) is -0.492. The number of aliphatic hydroxyl groups is 5. The average molecular weight is 887 g/mol. The molecule has 1 aliphatic rings. The fourth-order valence-corrected chi connectivity index (χ4v) is 8.04. The van der Waals surface area contributed by atoms with E-state index in [1.165, 1.54) is 70.6 Å². The van der Waals surface area contributed by atoms with Gasteiger partial charge in [-0.2, -0.15) is 0 Å². The fraction of sp³-hybridized carbons (Fsp3) is 0.812. The minimum absolute atomic E-state index is 0.0849. The van der Waals surface area contributed by atoms with E-state index in [2.05, 4.69) is 62.5 Å². The van der Waals surface area contributed by atoms with Crippen LogP contribution in [0.5, 0.6) is 0 Å². The van der Waals surface area contributed by atoms with Gasteiger partial charge in [-0.15, -0.1) is 0 Å². The molecule has 356 valence electrons. The summed E-state index contributed by atoms with van der Waals surface area (Å²) in [5, 5.41) is 50.1. The lowest BCUT2D eigenvalue weighted by molar-refractivity contribution is -0.220. The molecule has 0 aliphatic heterocycles. The van der Waals surface area contributed by atoms with Crippen LogP contribution < -0.4 is 0 Å². The summed E-state index contributed by atoms with van der Waals surface area (Å²) in [6.45, 7) is 4.15. The molecule has 6 unspecified atom stereocenters. The number of hydrogen-bond donors (Lipinski definition) is 6. The van der Waals surface area contributed by atoms with Gasteiger partial charge in [-0.3, -0.25) is 13.8 Å². The van der Waals surface area contributed by atoms with Gasteiger partial charge >= 0.3 is 13.8 Å². The lowest BCUT2D eigenvalue weighted by Gasteiger charge is -2.41. The largest absolute Gasteiger partial charge is 0.472 e. The smallest absolute Gasteiger partial charge is 0.457 e. The van der Waals surface area contributed by atoms with Crippen LogP contribution in [0.4, 0.5) is 0 Å². The van der Waals surface area contributed by atoms with Gasteiger partial charge in [0, 0.05) is 13.0 Å². The second-order valence-electron chi connectivity index (χ2n) is 16.6. The average Bonchev–Trinajstić information content (AvgIpc) is 3.24. The van der Waals surface area contributed by atoms with E-state index in [9.17, 15) is 39.8 Å². The number of hydrogen-bond acceptors (Lipinski definition) is 11. The summed E-state index contributed by atoms with van der Waals surface area (Å²) in [6.07, 6.45) is 34.8. The summed E-state index contributed by atoms with van der Waals surface area (Å²) in [6, 6.07) is 0. The SMILES string of the molecule is CCC/C=C\CCCCCCCC(=O)OC(COCCCCCCCCCCC/C=C\C/C=C\C/C=C\CCCCCCC)COP(=O)(O)OC1C(O)C(O)C(O)C(O)C1O. The molecule has 0 aromatic rings. The van der Waals surface area contributed by atoms with Crippen molar-refractivity contribution in [3.63, 3.8) is 0 Å². The Bertz CT molecular complexity index is 1190. The number of ether oxygens (including phenoxy) is 2. The van der Waals surface area contributed by atoms with Crippen LogP contribution in [0.2, 0.25) is 0 Å². The van der Waals surface area contributed by atoms with Crippen molar-refractivity contribution >= 4 is 13.8 Å². The molecule has 1 saturated carbocycles. The Kier molecular flexibility index (Phi) is 36.4. The number of unbranched alkanes of at least 4 members (excludes halogenated alkanes) is 20. The molecular weight excluding hydrogens is 799 g/mol. The number of aliphatic hydroxyl groups excluding tert-OH is 5. The molecule has 13 heteroatoms. The molecule has 12 nitrogen and oxygen atoms in total. The molecule has 0 heterocycles. The highest BCUT2D eigenvalue weighted by Gasteiger charge is 2.51. The van der Waals surface area contributed by atoms with Crippen molar-refractivity contribution in [3.05, 3.63) is 48.6 Å². The molecule has 0 aromatic carbocycles. The molecule has 61 heavy (non-hydrogen) atoms. The molecule has 0 radical (unpaired) electrons. The molecule has 0 saturated heterocycles. The Balaban J connectivity index is 2.31. The third-order valence-electron chi connectivity index (χ3n) is 10.9. The van der Waals surface area contributed by atoms with E-state index < -0.39 is 63.1 Å². The topological polar surface area (TPSA) is 192 Å². The van der Waals surface area contributed by atoms with Crippen LogP contribution in [-0.4, -0.2) is 98.9 Å². The van der Waals surface area contributed by atoms with Crippen molar-refractivity contribution in [2.24, 2.45) is 0 Å². The second-order valence-corrected chi connectivity index (χ2v) is 18.0. The lowest BCUT2D eigenvalue weighted by Crippen LogP contribution is -2.64. The van der Waals surface area contributed by atoms with Crippen molar-refractivity contribution < 1.29 is 58.3 Å². The van der Waals surface area contributed by atoms with Gasteiger partial charge < -0.3 is 39.9 Å². The van der Waals surface area contributed by atoms with Crippen LogP contribution in [0.15, 0.2) is 48.6 Å². The monoisotopic (exact) mass is 887 g/mol. The van der Waals surface area contributed by atoms with E-state index in [4.69, 9.17) is 18.5 Å². The summed E-state index contributed by atoms with van der Waals surface area (Å²) >= 11 is 0. The second kappa shape index (κ2) is 38.7. The maximum Gasteiger partial charge on any atom is 0.472 e. The van der Waals surface area contributed by atoms with Crippen LogP contribution in [0.3, 0.4) is 0 Å². The zero-order chi connectivity index (χ0) is 44.8. The van der Waals surface area contributed by atoms with Gasteiger partial charge in [0.2, 0.25) is 0 Å². The number of phosphoric ester groups is 1. The number of carbonyl (C=O) groups is 1. The van der Waals surface area contributed by atoms with Crippen LogP contribution in [0.1, 0.15) is 187 Å². The standard InChI is InChI=1S/C48H87O12P/c1-3-5-7-9-11-13-15-16-17-18-19-20-21-22-23-24-25-26-27-28-30-32-34-36-38-57-39-41(59-42(49)37-35-33-31-29-14-12-10-8-6-4-2)40-58-61(55,56)60-48-46(53)44(51)43(50)45(52)47(48)54/h8,10,15-16,18-19,21-22,41,43-48,50-54H,3-7,9,11-14,17,20,23-40H2,1-2H3,(H,55,56)/b10-8-,16-15-,19-18-,22-21-. The summed E-state index contributed by atoms with van der Waals surface area (Å²) in [5.41, 5.74) is 0. The fourth-order valence-electron chi connectivity index (χ4n) is 7.07. The highest BCUT2D eigenvalue weighted by atomic mass is 31.2. The van der Waals surface area contributed by atoms with Gasteiger partial charge in [-0.1, -0.05) is 159 Å². The van der Waals surface area contributed by atoms with Crippen LogP contribution >= 0.6 is 7.82 Å². The zero-order valence-corrected chi connectivity index (χ0v) is 38.8. The van der Waals surface area contributed by atoms with Gasteiger partial charge in [-0.25, -0.2) is 4.57 Å². The quantitative estimate of drug-likeness (QED) is 0.0148. The first-order valence-electron chi connectivity index (χ1n) is 24.0. The van der Waals surface area contributed by atoms with Crippen molar-refractivity contribution in [3.8, 4) is 0 Å². The van der Waals surface area contributed by atoms with Gasteiger partial charge in [-0.05, 0) is 70.6 Å². The molecule has 1 rings (SSSR count). The first-order valence-corrected chi connectivity index (χ1v) is 25.5. The van der Waals surface area contributed by atoms with Gasteiger partial charge in [0.05, 0.1) is 13.2 Å². The molecule has 6 N–H and O–H groups in total. The summed E-state index contributed by atoms with van der Waals surface area (Å²) < 4.78 is 34.1. The first kappa shape index (κ1) is 57.3. The molecule has 1 aliphatic carbocycles. The van der Waals surface area contributed by atoms with Gasteiger partial charge in [0.25, 0.3) is 0 Å². The molecule has 0 bridgehead atoms. The van der Waals surface area contributed by atoms with Crippen molar-refractivity contribution in [1.29, 1.82) is 0 Å². The predicted octanol–water partition coefficient (Wildman–Crippen LogP) is 10.0. The molecule has 0 aromatic heterocycles. The predicted molar refractivity (Wildman–Crippen MR) is 244 cm³/mol. The van der Waals surface area contributed by atoms with Crippen LogP contribution in [0.25, 0.3) is 0 Å². The number of allylic oxidation sites excluding steroid dienone is 8. The molecule has 0 amide bonds. The number of phosphoric acid groups is 1. The van der Waals surface area contributed by atoms with Gasteiger partial charge in [0.15, 0.2) is 0 Å². The third kappa shape index (κ3) is 30.9. The van der Waals surface area contributed by atoms with E-state index >= 15 is 0 Å². The molecule has 1 fully saturated rings. The maximum atomic E-state index is 12.8. The van der Waals surface area contributed by atoms with E-state index in [0.717, 1.165) is 89.9 Å². The van der Waals surface area contributed by atoms with E-state index in [1.54, 1.807) is 0 Å². The number of esters is 1. The summed E-state index contributed by atoms with van der Waals surface area (Å²) in [7, 11) is -5.02. The van der Waals surface area contributed by atoms with Crippen molar-refractivity contribution in [1.82, 2.24) is 0 Å². The Labute approximate surface area is 369 Å². The normalized spacial score (nSPS) is 22.6. The minimum atomic E-state index is -5.02. The third-order valence-corrected chi connectivity index (χ3v) is 11.9. The molecule has 0 spiro atoms. The zero-order valence-electron chi connectivity index (χ0n) is 38.0. The Hall–Kier alpha value is -1.70. The Morgan fingerprint density at radius 2 is 0.951 bits per heavy atom. The highest BCUT2D eigenvalue weighted by molar-refractivity contribution is 7.47. The first-order chi connectivity index (χ1) is 29.5. The van der Waals surface area contributed by atoms with Crippen LogP contribution in [0, 0.1) is 0 Å². The van der Waals surface area contributed by atoms with Crippen molar-refractivity contribution in [2.75, 3.05) is 19.8 Å². The maximum absolute atomic E-state index is 12.8. The van der Waals surface area contributed by atoms with E-state index in [-0.39, 0.29) is 13.0 Å². The Morgan fingerprint density at radius 1 is 0.525 bits per heavy atom. The lowest BCUT2D eigenvalue weighted by atomic mass is 9.85. The Morgan fingerprint density at radius 3 is 1.48 bits per heavy atom. The molecular formula is C48H87O12P. The summed E-state index contributed by atoms with van der Waals surface area (Å²) in [4.78, 5) is 23.1. The van der Waals surface area contributed by atoms with Crippen LogP contribution in [-0.2, 0) is 27.9 Å². The highest BCUT2D eigenvalue weighted by Crippen LogP contribution is 2.47. The van der Waals surface area contributed by atoms with Crippen molar-refractivity contribution in [2.45, 2.75) is 230 Å². The minimum Gasteiger partial charge on any atom is -0.457 e. The van der Waals surface area contributed by atoms with E-state index in [1.807, 2.05) is 0 Å². The number of rotatable bonds is 40. The molecule has 6 atom stereocenters. The van der Waals surface area contributed by atoms with Gasteiger partial charge in [0.1, 0.15) is 42.7 Å².